The fourth-order valence-corrected chi connectivity index (χ4v) is 2.00. The molecule has 0 atom stereocenters. The third-order valence-corrected chi connectivity index (χ3v) is 3.60. The third-order valence-electron chi connectivity index (χ3n) is 2.55. The second-order valence-electron chi connectivity index (χ2n) is 3.91. The van der Waals surface area contributed by atoms with Crippen LogP contribution < -0.4 is 5.32 Å². The van der Waals surface area contributed by atoms with Crippen LogP contribution in [0.1, 0.15) is 15.9 Å². The molecule has 0 aliphatic carbocycles. The first-order valence-electron chi connectivity index (χ1n) is 5.51. The van der Waals surface area contributed by atoms with Gasteiger partial charge in [0, 0.05) is 17.1 Å². The lowest BCUT2D eigenvalue weighted by atomic mass is 10.1. The number of rotatable bonds is 3. The highest BCUT2D eigenvalue weighted by molar-refractivity contribution is 6.42. The number of hydrogen-bond donors (Lipinski definition) is 1. The van der Waals surface area contributed by atoms with Crippen molar-refractivity contribution in [2.45, 2.75) is 5.88 Å². The van der Waals surface area contributed by atoms with Gasteiger partial charge in [-0.15, -0.1) is 11.6 Å². The maximum absolute atomic E-state index is 12.0. The smallest absolute Gasteiger partial charge is 0.255 e. The van der Waals surface area contributed by atoms with Crippen molar-refractivity contribution in [2.75, 3.05) is 5.32 Å². The highest BCUT2D eigenvalue weighted by Gasteiger charge is 2.07. The van der Waals surface area contributed by atoms with E-state index in [1.165, 1.54) is 0 Å². The largest absolute Gasteiger partial charge is 0.322 e. The molecule has 0 saturated carbocycles. The van der Waals surface area contributed by atoms with Crippen molar-refractivity contribution in [1.82, 2.24) is 0 Å². The number of carbonyl (C=O) groups excluding carboxylic acids is 1. The van der Waals surface area contributed by atoms with E-state index in [9.17, 15) is 4.79 Å². The van der Waals surface area contributed by atoms with Crippen LogP contribution in [0.5, 0.6) is 0 Å². The van der Waals surface area contributed by atoms with E-state index in [4.69, 9.17) is 34.8 Å². The molecule has 2 aromatic carbocycles. The standard InChI is InChI=1S/C14H10Cl3NO/c15-8-9-1-3-10(4-2-9)14(19)18-11-5-6-12(16)13(17)7-11/h1-7H,8H2,(H,18,19). The Morgan fingerprint density at radius 2 is 1.68 bits per heavy atom. The molecule has 0 aliphatic rings. The molecule has 0 fully saturated rings. The van der Waals surface area contributed by atoms with Crippen molar-refractivity contribution in [3.63, 3.8) is 0 Å². The van der Waals surface area contributed by atoms with E-state index in [2.05, 4.69) is 5.32 Å². The van der Waals surface area contributed by atoms with Crippen LogP contribution in [-0.4, -0.2) is 5.91 Å². The molecule has 98 valence electrons. The van der Waals surface area contributed by atoms with Crippen molar-refractivity contribution >= 4 is 46.4 Å². The molecule has 2 rings (SSSR count). The van der Waals surface area contributed by atoms with Crippen molar-refractivity contribution < 1.29 is 4.79 Å². The number of benzene rings is 2. The molecule has 2 aromatic rings. The Labute approximate surface area is 126 Å². The second kappa shape index (κ2) is 6.29. The minimum absolute atomic E-state index is 0.209. The molecule has 0 saturated heterocycles. The number of anilines is 1. The zero-order valence-corrected chi connectivity index (χ0v) is 12.1. The third kappa shape index (κ3) is 3.63. The Balaban J connectivity index is 2.13. The van der Waals surface area contributed by atoms with Gasteiger partial charge in [0.2, 0.25) is 0 Å². The van der Waals surface area contributed by atoms with E-state index in [0.29, 0.717) is 27.2 Å². The van der Waals surface area contributed by atoms with Gasteiger partial charge in [-0.05, 0) is 35.9 Å². The second-order valence-corrected chi connectivity index (χ2v) is 5.00. The average Bonchev–Trinajstić information content (AvgIpc) is 2.43. The van der Waals surface area contributed by atoms with E-state index < -0.39 is 0 Å². The molecular weight excluding hydrogens is 305 g/mol. The number of nitrogens with one attached hydrogen (secondary N) is 1. The maximum atomic E-state index is 12.0. The predicted molar refractivity (Wildman–Crippen MR) is 80.4 cm³/mol. The highest BCUT2D eigenvalue weighted by atomic mass is 35.5. The minimum atomic E-state index is -0.209. The lowest BCUT2D eigenvalue weighted by molar-refractivity contribution is 0.102. The van der Waals surface area contributed by atoms with Gasteiger partial charge in [-0.3, -0.25) is 4.79 Å². The highest BCUT2D eigenvalue weighted by Crippen LogP contribution is 2.25. The van der Waals surface area contributed by atoms with Gasteiger partial charge in [0.1, 0.15) is 0 Å². The van der Waals surface area contributed by atoms with Crippen molar-refractivity contribution in [3.05, 3.63) is 63.6 Å². The topological polar surface area (TPSA) is 29.1 Å². The minimum Gasteiger partial charge on any atom is -0.322 e. The van der Waals surface area contributed by atoms with Crippen LogP contribution in [0.25, 0.3) is 0 Å². The molecule has 0 heterocycles. The van der Waals surface area contributed by atoms with Crippen LogP contribution in [0.4, 0.5) is 5.69 Å². The number of amides is 1. The quantitative estimate of drug-likeness (QED) is 0.795. The molecule has 1 amide bonds. The van der Waals surface area contributed by atoms with Gasteiger partial charge in [0.15, 0.2) is 0 Å². The molecule has 0 unspecified atom stereocenters. The summed E-state index contributed by atoms with van der Waals surface area (Å²) in [6, 6.07) is 12.0. The molecule has 0 radical (unpaired) electrons. The summed E-state index contributed by atoms with van der Waals surface area (Å²) in [6.45, 7) is 0. The summed E-state index contributed by atoms with van der Waals surface area (Å²) < 4.78 is 0. The van der Waals surface area contributed by atoms with Crippen LogP contribution >= 0.6 is 34.8 Å². The van der Waals surface area contributed by atoms with Gasteiger partial charge in [-0.2, -0.15) is 0 Å². The molecule has 1 N–H and O–H groups in total. The van der Waals surface area contributed by atoms with Gasteiger partial charge in [0.25, 0.3) is 5.91 Å². The molecule has 0 spiro atoms. The Morgan fingerprint density at radius 3 is 2.26 bits per heavy atom. The maximum Gasteiger partial charge on any atom is 0.255 e. The molecule has 5 heteroatoms. The zero-order valence-electron chi connectivity index (χ0n) is 9.79. The summed E-state index contributed by atoms with van der Waals surface area (Å²) >= 11 is 17.4. The normalized spacial score (nSPS) is 10.3. The molecule has 0 aliphatic heterocycles. The first-order chi connectivity index (χ1) is 9.10. The van der Waals surface area contributed by atoms with Crippen molar-refractivity contribution in [1.29, 1.82) is 0 Å². The van der Waals surface area contributed by atoms with Crippen LogP contribution in [-0.2, 0) is 5.88 Å². The number of alkyl halides is 1. The van der Waals surface area contributed by atoms with Crippen molar-refractivity contribution in [3.8, 4) is 0 Å². The van der Waals surface area contributed by atoms with Crippen LogP contribution in [0.2, 0.25) is 10.0 Å². The first-order valence-corrected chi connectivity index (χ1v) is 6.80. The van der Waals surface area contributed by atoms with Gasteiger partial charge >= 0.3 is 0 Å². The van der Waals surface area contributed by atoms with Gasteiger partial charge in [-0.1, -0.05) is 35.3 Å². The summed E-state index contributed by atoms with van der Waals surface area (Å²) in [4.78, 5) is 12.0. The van der Waals surface area contributed by atoms with Crippen LogP contribution in [0, 0.1) is 0 Å². The van der Waals surface area contributed by atoms with Crippen LogP contribution in [0.15, 0.2) is 42.5 Å². The van der Waals surface area contributed by atoms with Crippen molar-refractivity contribution in [2.24, 2.45) is 0 Å². The molecule has 0 aromatic heterocycles. The molecule has 2 nitrogen and oxygen atoms in total. The van der Waals surface area contributed by atoms with E-state index >= 15 is 0 Å². The lowest BCUT2D eigenvalue weighted by Crippen LogP contribution is -2.11. The Hall–Kier alpha value is -1.22. The predicted octanol–water partition coefficient (Wildman–Crippen LogP) is 4.98. The summed E-state index contributed by atoms with van der Waals surface area (Å²) in [5.41, 5.74) is 2.12. The Morgan fingerprint density at radius 1 is 1.00 bits per heavy atom. The SMILES string of the molecule is O=C(Nc1ccc(Cl)c(Cl)c1)c1ccc(CCl)cc1. The van der Waals surface area contributed by atoms with E-state index in [1.54, 1.807) is 30.3 Å². The fraction of sp³-hybridized carbons (Fsp3) is 0.0714. The number of halogens is 3. The summed E-state index contributed by atoms with van der Waals surface area (Å²) in [5, 5.41) is 3.60. The van der Waals surface area contributed by atoms with Crippen LogP contribution in [0.3, 0.4) is 0 Å². The summed E-state index contributed by atoms with van der Waals surface area (Å²) in [7, 11) is 0. The number of carbonyl (C=O) groups is 1. The van der Waals surface area contributed by atoms with E-state index in [1.807, 2.05) is 12.1 Å². The first kappa shape index (κ1) is 14.2. The molecular formula is C14H10Cl3NO. The molecule has 0 bridgehead atoms. The molecule has 19 heavy (non-hydrogen) atoms. The monoisotopic (exact) mass is 313 g/mol. The fourth-order valence-electron chi connectivity index (χ4n) is 1.52. The van der Waals surface area contributed by atoms with E-state index in [0.717, 1.165) is 5.56 Å². The Bertz CT molecular complexity index is 596. The van der Waals surface area contributed by atoms with Gasteiger partial charge in [0.05, 0.1) is 10.0 Å². The lowest BCUT2D eigenvalue weighted by Gasteiger charge is -2.06. The average molecular weight is 315 g/mol. The van der Waals surface area contributed by atoms with Gasteiger partial charge < -0.3 is 5.32 Å². The summed E-state index contributed by atoms with van der Waals surface area (Å²) in [6.07, 6.45) is 0. The number of hydrogen-bond acceptors (Lipinski definition) is 1. The Kier molecular flexibility index (Phi) is 4.70. The summed E-state index contributed by atoms with van der Waals surface area (Å²) in [5.74, 6) is 0.217. The van der Waals surface area contributed by atoms with Gasteiger partial charge in [-0.25, -0.2) is 0 Å². The zero-order chi connectivity index (χ0) is 13.8. The van der Waals surface area contributed by atoms with E-state index in [-0.39, 0.29) is 5.91 Å².